The number of nitrogens with one attached hydrogen (secondary N) is 1. The molecule has 0 unspecified atom stereocenters. The topological polar surface area (TPSA) is 70.5 Å². The SMILES string of the molecule is O=C(CN1CCN(C(=O)c2nn(-c3ccccc3)c3c2CCC3)CC1)Nc1ccccc1. The molecule has 2 heterocycles. The zero-order valence-corrected chi connectivity index (χ0v) is 18.0. The van der Waals surface area contributed by atoms with Crippen LogP contribution >= 0.6 is 0 Å². The van der Waals surface area contributed by atoms with Crippen LogP contribution in [0.5, 0.6) is 0 Å². The lowest BCUT2D eigenvalue weighted by Crippen LogP contribution is -2.50. The van der Waals surface area contributed by atoms with Crippen LogP contribution in [0.15, 0.2) is 60.7 Å². The molecule has 32 heavy (non-hydrogen) atoms. The lowest BCUT2D eigenvalue weighted by Gasteiger charge is -2.34. The molecule has 3 aromatic rings. The van der Waals surface area contributed by atoms with Crippen molar-refractivity contribution in [1.29, 1.82) is 0 Å². The number of amides is 2. The zero-order valence-electron chi connectivity index (χ0n) is 18.0. The lowest BCUT2D eigenvalue weighted by atomic mass is 10.1. The molecule has 0 spiro atoms. The second-order valence-electron chi connectivity index (χ2n) is 8.36. The van der Waals surface area contributed by atoms with Crippen molar-refractivity contribution in [3.8, 4) is 5.69 Å². The van der Waals surface area contributed by atoms with Gasteiger partial charge in [-0.2, -0.15) is 5.10 Å². The number of aromatic nitrogens is 2. The van der Waals surface area contributed by atoms with Crippen LogP contribution in [0.1, 0.15) is 28.2 Å². The first-order chi connectivity index (χ1) is 15.7. The summed E-state index contributed by atoms with van der Waals surface area (Å²) in [7, 11) is 0. The fraction of sp³-hybridized carbons (Fsp3) is 0.320. The Labute approximate surface area is 187 Å². The van der Waals surface area contributed by atoms with Gasteiger partial charge in [0.05, 0.1) is 12.2 Å². The van der Waals surface area contributed by atoms with Gasteiger partial charge in [0.1, 0.15) is 0 Å². The fourth-order valence-electron chi connectivity index (χ4n) is 4.58. The minimum absolute atomic E-state index is 0.00576. The van der Waals surface area contributed by atoms with Crippen molar-refractivity contribution >= 4 is 17.5 Å². The standard InChI is InChI=1S/C25H27N5O2/c31-23(26-19-8-3-1-4-9-19)18-28-14-16-29(17-15-28)25(32)24-21-12-7-13-22(21)30(27-24)20-10-5-2-6-11-20/h1-6,8-11H,7,12-18H2,(H,26,31). The summed E-state index contributed by atoms with van der Waals surface area (Å²) in [5, 5.41) is 7.66. The first-order valence-corrected chi connectivity index (χ1v) is 11.2. The molecule has 1 aliphatic carbocycles. The lowest BCUT2D eigenvalue weighted by molar-refractivity contribution is -0.117. The molecule has 164 valence electrons. The van der Waals surface area contributed by atoms with Gasteiger partial charge in [-0.1, -0.05) is 36.4 Å². The van der Waals surface area contributed by atoms with Gasteiger partial charge in [-0.25, -0.2) is 4.68 Å². The molecule has 2 aliphatic rings. The summed E-state index contributed by atoms with van der Waals surface area (Å²) in [5.74, 6) is -0.0263. The first kappa shape index (κ1) is 20.5. The van der Waals surface area contributed by atoms with Crippen molar-refractivity contribution in [2.45, 2.75) is 19.3 Å². The molecule has 1 fully saturated rings. The van der Waals surface area contributed by atoms with Crippen molar-refractivity contribution in [2.75, 3.05) is 38.0 Å². The Balaban J connectivity index is 1.22. The quantitative estimate of drug-likeness (QED) is 0.677. The highest BCUT2D eigenvalue weighted by Gasteiger charge is 2.31. The van der Waals surface area contributed by atoms with Crippen molar-refractivity contribution < 1.29 is 9.59 Å². The Kier molecular flexibility index (Phi) is 5.73. The van der Waals surface area contributed by atoms with E-state index in [0.717, 1.165) is 41.9 Å². The van der Waals surface area contributed by atoms with Gasteiger partial charge in [0.2, 0.25) is 5.91 Å². The molecule has 7 heteroatoms. The molecule has 0 atom stereocenters. The first-order valence-electron chi connectivity index (χ1n) is 11.2. The van der Waals surface area contributed by atoms with Crippen molar-refractivity contribution in [1.82, 2.24) is 19.6 Å². The average Bonchev–Trinajstić information content (AvgIpc) is 3.43. The number of nitrogens with zero attached hydrogens (tertiary/aromatic N) is 4. The second-order valence-corrected chi connectivity index (χ2v) is 8.36. The van der Waals surface area contributed by atoms with E-state index < -0.39 is 0 Å². The molecule has 7 nitrogen and oxygen atoms in total. The Bertz CT molecular complexity index is 1100. The van der Waals surface area contributed by atoms with Gasteiger partial charge in [0.15, 0.2) is 5.69 Å². The van der Waals surface area contributed by atoms with Crippen molar-refractivity contribution in [3.05, 3.63) is 77.6 Å². The van der Waals surface area contributed by atoms with E-state index in [4.69, 9.17) is 5.10 Å². The number of anilines is 1. The molecule has 2 amide bonds. The summed E-state index contributed by atoms with van der Waals surface area (Å²) in [6, 6.07) is 19.5. The zero-order chi connectivity index (χ0) is 21.9. The van der Waals surface area contributed by atoms with Crippen LogP contribution in [0, 0.1) is 0 Å². The Morgan fingerprint density at radius 1 is 0.875 bits per heavy atom. The number of benzene rings is 2. The number of fused-ring (bicyclic) bond motifs is 1. The minimum Gasteiger partial charge on any atom is -0.335 e. The monoisotopic (exact) mass is 429 g/mol. The van der Waals surface area contributed by atoms with E-state index >= 15 is 0 Å². The van der Waals surface area contributed by atoms with Crippen LogP contribution in [-0.2, 0) is 17.6 Å². The number of hydrogen-bond acceptors (Lipinski definition) is 4. The highest BCUT2D eigenvalue weighted by atomic mass is 16.2. The predicted molar refractivity (Wildman–Crippen MR) is 123 cm³/mol. The molecule has 2 aromatic carbocycles. The van der Waals surface area contributed by atoms with Gasteiger partial charge < -0.3 is 10.2 Å². The van der Waals surface area contributed by atoms with E-state index in [1.807, 2.05) is 70.2 Å². The summed E-state index contributed by atoms with van der Waals surface area (Å²) in [6.45, 7) is 2.88. The molecule has 1 aliphatic heterocycles. The number of carbonyl (C=O) groups excluding carboxylic acids is 2. The Hall–Kier alpha value is -3.45. The molecule has 0 bridgehead atoms. The number of hydrogen-bond donors (Lipinski definition) is 1. The van der Waals surface area contributed by atoms with Crippen LogP contribution in [-0.4, -0.2) is 64.1 Å². The predicted octanol–water partition coefficient (Wildman–Crippen LogP) is 2.76. The third kappa shape index (κ3) is 4.16. The van der Waals surface area contributed by atoms with E-state index in [-0.39, 0.29) is 11.8 Å². The summed E-state index contributed by atoms with van der Waals surface area (Å²) < 4.78 is 1.94. The summed E-state index contributed by atoms with van der Waals surface area (Å²) in [4.78, 5) is 29.6. The third-order valence-electron chi connectivity index (χ3n) is 6.22. The summed E-state index contributed by atoms with van der Waals surface area (Å²) in [6.07, 6.45) is 2.92. The Morgan fingerprint density at radius 2 is 1.56 bits per heavy atom. The fourth-order valence-corrected chi connectivity index (χ4v) is 4.58. The van der Waals surface area contributed by atoms with Crippen LogP contribution in [0.2, 0.25) is 0 Å². The van der Waals surface area contributed by atoms with Gasteiger partial charge >= 0.3 is 0 Å². The van der Waals surface area contributed by atoms with E-state index in [0.29, 0.717) is 38.4 Å². The van der Waals surface area contributed by atoms with Gasteiger partial charge in [0.25, 0.3) is 5.91 Å². The molecule has 1 N–H and O–H groups in total. The van der Waals surface area contributed by atoms with E-state index in [1.54, 1.807) is 0 Å². The molecule has 5 rings (SSSR count). The van der Waals surface area contributed by atoms with Crippen LogP contribution in [0.3, 0.4) is 0 Å². The second kappa shape index (κ2) is 8.96. The number of piperazine rings is 1. The number of rotatable bonds is 5. The Morgan fingerprint density at radius 3 is 2.28 bits per heavy atom. The molecular weight excluding hydrogens is 402 g/mol. The van der Waals surface area contributed by atoms with Gasteiger partial charge in [-0.15, -0.1) is 0 Å². The largest absolute Gasteiger partial charge is 0.335 e. The molecule has 1 aromatic heterocycles. The summed E-state index contributed by atoms with van der Waals surface area (Å²) >= 11 is 0. The third-order valence-corrected chi connectivity index (χ3v) is 6.22. The smallest absolute Gasteiger partial charge is 0.274 e. The normalized spacial score (nSPS) is 16.1. The van der Waals surface area contributed by atoms with Crippen LogP contribution < -0.4 is 5.32 Å². The van der Waals surface area contributed by atoms with Crippen molar-refractivity contribution in [2.24, 2.45) is 0 Å². The molecular formula is C25H27N5O2. The number of para-hydroxylation sites is 2. The van der Waals surface area contributed by atoms with Crippen LogP contribution in [0.4, 0.5) is 5.69 Å². The number of carbonyl (C=O) groups is 2. The van der Waals surface area contributed by atoms with Crippen LogP contribution in [0.25, 0.3) is 5.69 Å². The van der Waals surface area contributed by atoms with Gasteiger partial charge in [0, 0.05) is 43.1 Å². The highest BCUT2D eigenvalue weighted by Crippen LogP contribution is 2.28. The maximum Gasteiger partial charge on any atom is 0.274 e. The van der Waals surface area contributed by atoms with Crippen molar-refractivity contribution in [3.63, 3.8) is 0 Å². The van der Waals surface area contributed by atoms with Gasteiger partial charge in [-0.3, -0.25) is 14.5 Å². The maximum atomic E-state index is 13.3. The molecule has 1 saturated heterocycles. The average molecular weight is 430 g/mol. The van der Waals surface area contributed by atoms with E-state index in [1.165, 1.54) is 0 Å². The molecule has 0 radical (unpaired) electrons. The maximum absolute atomic E-state index is 13.3. The minimum atomic E-state index is -0.0320. The van der Waals surface area contributed by atoms with E-state index in [9.17, 15) is 9.59 Å². The molecule has 0 saturated carbocycles. The van der Waals surface area contributed by atoms with Gasteiger partial charge in [-0.05, 0) is 43.5 Å². The van der Waals surface area contributed by atoms with E-state index in [2.05, 4.69) is 10.2 Å². The highest BCUT2D eigenvalue weighted by molar-refractivity contribution is 5.94. The summed E-state index contributed by atoms with van der Waals surface area (Å²) in [5.41, 5.74) is 4.66.